The Hall–Kier alpha value is -2.50. The average Bonchev–Trinajstić information content (AvgIpc) is 3.35. The molecule has 6 nitrogen and oxygen atoms in total. The summed E-state index contributed by atoms with van der Waals surface area (Å²) in [6.45, 7) is 3.46. The van der Waals surface area contributed by atoms with Crippen LogP contribution in [0.25, 0.3) is 10.9 Å². The van der Waals surface area contributed by atoms with Crippen LogP contribution in [0.2, 0.25) is 0 Å². The van der Waals surface area contributed by atoms with Gasteiger partial charge in [0.05, 0.1) is 12.0 Å². The van der Waals surface area contributed by atoms with Crippen molar-refractivity contribution in [1.82, 2.24) is 15.2 Å². The second-order valence-corrected chi connectivity index (χ2v) is 7.26. The molecule has 2 fully saturated rings. The van der Waals surface area contributed by atoms with E-state index in [0.717, 1.165) is 42.1 Å². The van der Waals surface area contributed by atoms with Crippen LogP contribution in [0, 0.1) is 0 Å². The predicted molar refractivity (Wildman–Crippen MR) is 99.0 cm³/mol. The Morgan fingerprint density at radius 3 is 2.69 bits per heavy atom. The van der Waals surface area contributed by atoms with Crippen molar-refractivity contribution < 1.29 is 14.3 Å². The van der Waals surface area contributed by atoms with Gasteiger partial charge >= 0.3 is 6.09 Å². The number of nitrogens with one attached hydrogen (secondary N) is 2. The van der Waals surface area contributed by atoms with Crippen LogP contribution in [0.15, 0.2) is 30.5 Å². The molecule has 1 saturated carbocycles. The molecule has 6 heteroatoms. The van der Waals surface area contributed by atoms with Crippen molar-refractivity contribution in [2.75, 3.05) is 19.7 Å². The summed E-state index contributed by atoms with van der Waals surface area (Å²) in [5.41, 5.74) is 1.79. The number of aromatic nitrogens is 1. The molecule has 1 saturated heterocycles. The van der Waals surface area contributed by atoms with Crippen LogP contribution in [0.5, 0.6) is 0 Å². The fourth-order valence-corrected chi connectivity index (χ4v) is 3.96. The van der Waals surface area contributed by atoms with E-state index in [0.29, 0.717) is 19.7 Å². The smallest absolute Gasteiger partial charge is 0.409 e. The highest BCUT2D eigenvalue weighted by atomic mass is 16.6. The summed E-state index contributed by atoms with van der Waals surface area (Å²) in [6, 6.07) is 8.25. The lowest BCUT2D eigenvalue weighted by molar-refractivity contribution is -0.124. The third-order valence-corrected chi connectivity index (χ3v) is 5.65. The predicted octanol–water partition coefficient (Wildman–Crippen LogP) is 2.94. The van der Waals surface area contributed by atoms with Crippen molar-refractivity contribution in [2.24, 2.45) is 0 Å². The summed E-state index contributed by atoms with van der Waals surface area (Å²) in [6.07, 6.45) is 5.06. The molecule has 2 aromatic rings. The molecule has 138 valence electrons. The summed E-state index contributed by atoms with van der Waals surface area (Å²) < 4.78 is 5.05. The van der Waals surface area contributed by atoms with Gasteiger partial charge in [-0.25, -0.2) is 4.79 Å². The van der Waals surface area contributed by atoms with Crippen molar-refractivity contribution in [3.63, 3.8) is 0 Å². The third-order valence-electron chi connectivity index (χ3n) is 5.65. The van der Waals surface area contributed by atoms with Crippen LogP contribution in [-0.2, 0) is 14.9 Å². The summed E-state index contributed by atoms with van der Waals surface area (Å²) >= 11 is 0. The van der Waals surface area contributed by atoms with Crippen molar-refractivity contribution in [3.05, 3.63) is 36.0 Å². The van der Waals surface area contributed by atoms with Gasteiger partial charge in [-0.05, 0) is 44.2 Å². The van der Waals surface area contributed by atoms with E-state index in [9.17, 15) is 9.59 Å². The molecule has 1 aliphatic heterocycles. The fourth-order valence-electron chi connectivity index (χ4n) is 3.96. The minimum atomic E-state index is -0.391. The molecule has 2 amide bonds. The van der Waals surface area contributed by atoms with Gasteiger partial charge in [0.25, 0.3) is 0 Å². The van der Waals surface area contributed by atoms with Gasteiger partial charge in [-0.1, -0.05) is 18.2 Å². The van der Waals surface area contributed by atoms with E-state index >= 15 is 0 Å². The first-order chi connectivity index (χ1) is 12.6. The van der Waals surface area contributed by atoms with Crippen LogP contribution in [-0.4, -0.2) is 47.6 Å². The van der Waals surface area contributed by atoms with E-state index in [1.165, 1.54) is 0 Å². The largest absolute Gasteiger partial charge is 0.450 e. The average molecular weight is 355 g/mol. The Bertz CT molecular complexity index is 817. The standard InChI is InChI=1S/C20H25N3O3/c1-2-26-19(25)23-11-7-14(8-12-23)22-18(24)20(9-10-20)16-13-21-17-6-4-3-5-15(16)17/h3-6,13-14,21H,2,7-12H2,1H3,(H,22,24). The Balaban J connectivity index is 1.41. The number of H-pyrrole nitrogens is 1. The van der Waals surface area contributed by atoms with Crippen LogP contribution in [0.4, 0.5) is 4.79 Å². The number of hydrogen-bond acceptors (Lipinski definition) is 3. The quantitative estimate of drug-likeness (QED) is 0.885. The molecule has 0 spiro atoms. The van der Waals surface area contributed by atoms with Gasteiger partial charge in [-0.15, -0.1) is 0 Å². The second kappa shape index (κ2) is 6.67. The summed E-state index contributed by atoms with van der Waals surface area (Å²) in [4.78, 5) is 29.8. The van der Waals surface area contributed by atoms with Crippen molar-refractivity contribution in [2.45, 2.75) is 44.1 Å². The van der Waals surface area contributed by atoms with E-state index in [4.69, 9.17) is 4.74 Å². The molecule has 0 bridgehead atoms. The van der Waals surface area contributed by atoms with Crippen LogP contribution in [0.1, 0.15) is 38.2 Å². The number of piperidine rings is 1. The van der Waals surface area contributed by atoms with Crippen LogP contribution >= 0.6 is 0 Å². The topological polar surface area (TPSA) is 74.4 Å². The molecule has 1 aliphatic carbocycles. The number of amides is 2. The number of para-hydroxylation sites is 1. The number of benzene rings is 1. The lowest BCUT2D eigenvalue weighted by atomic mass is 9.93. The first-order valence-corrected chi connectivity index (χ1v) is 9.43. The highest BCUT2D eigenvalue weighted by molar-refractivity contribution is 5.97. The maximum atomic E-state index is 13.0. The number of carbonyl (C=O) groups excluding carboxylic acids is 2. The first-order valence-electron chi connectivity index (χ1n) is 9.43. The van der Waals surface area contributed by atoms with Gasteiger partial charge < -0.3 is 19.9 Å². The molecular weight excluding hydrogens is 330 g/mol. The number of nitrogens with zero attached hydrogens (tertiary/aromatic N) is 1. The molecule has 2 heterocycles. The summed E-state index contributed by atoms with van der Waals surface area (Å²) in [7, 11) is 0. The molecule has 1 aromatic heterocycles. The van der Waals surface area contributed by atoms with Gasteiger partial charge in [0.2, 0.25) is 5.91 Å². The Morgan fingerprint density at radius 1 is 1.27 bits per heavy atom. The molecule has 0 atom stereocenters. The second-order valence-electron chi connectivity index (χ2n) is 7.26. The Morgan fingerprint density at radius 2 is 2.00 bits per heavy atom. The number of likely N-dealkylation sites (tertiary alicyclic amines) is 1. The minimum absolute atomic E-state index is 0.121. The van der Waals surface area contributed by atoms with Crippen molar-refractivity contribution >= 4 is 22.9 Å². The van der Waals surface area contributed by atoms with E-state index in [1.807, 2.05) is 31.3 Å². The maximum absolute atomic E-state index is 13.0. The molecular formula is C20H25N3O3. The molecule has 0 unspecified atom stereocenters. The maximum Gasteiger partial charge on any atom is 0.409 e. The van der Waals surface area contributed by atoms with Crippen molar-refractivity contribution in [3.8, 4) is 0 Å². The highest BCUT2D eigenvalue weighted by Gasteiger charge is 2.52. The zero-order valence-corrected chi connectivity index (χ0v) is 15.1. The van der Waals surface area contributed by atoms with E-state index in [2.05, 4.69) is 16.4 Å². The van der Waals surface area contributed by atoms with Gasteiger partial charge in [0.1, 0.15) is 0 Å². The van der Waals surface area contributed by atoms with Crippen LogP contribution < -0.4 is 5.32 Å². The molecule has 1 aromatic carbocycles. The molecule has 26 heavy (non-hydrogen) atoms. The Kier molecular flexibility index (Phi) is 4.34. The number of ether oxygens (including phenoxy) is 1. The van der Waals surface area contributed by atoms with Crippen molar-refractivity contribution in [1.29, 1.82) is 0 Å². The summed E-state index contributed by atoms with van der Waals surface area (Å²) in [5.74, 6) is 0.122. The number of rotatable bonds is 4. The minimum Gasteiger partial charge on any atom is -0.450 e. The number of fused-ring (bicyclic) bond motifs is 1. The molecule has 2 aliphatic rings. The number of aromatic amines is 1. The van der Waals surface area contributed by atoms with E-state index in [1.54, 1.807) is 4.90 Å². The van der Waals surface area contributed by atoms with Gasteiger partial charge in [0.15, 0.2) is 0 Å². The third kappa shape index (κ3) is 2.93. The van der Waals surface area contributed by atoms with Gasteiger partial charge in [-0.2, -0.15) is 0 Å². The van der Waals surface area contributed by atoms with Crippen LogP contribution in [0.3, 0.4) is 0 Å². The Labute approximate surface area is 152 Å². The lowest BCUT2D eigenvalue weighted by Crippen LogP contribution is -2.49. The highest BCUT2D eigenvalue weighted by Crippen LogP contribution is 2.50. The zero-order chi connectivity index (χ0) is 18.1. The summed E-state index contributed by atoms with van der Waals surface area (Å²) in [5, 5.41) is 4.37. The number of carbonyl (C=O) groups is 2. The molecule has 0 radical (unpaired) electrons. The lowest BCUT2D eigenvalue weighted by Gasteiger charge is -2.32. The van der Waals surface area contributed by atoms with E-state index in [-0.39, 0.29) is 18.0 Å². The zero-order valence-electron chi connectivity index (χ0n) is 15.1. The normalized spacial score (nSPS) is 19.3. The first kappa shape index (κ1) is 16.9. The van der Waals surface area contributed by atoms with Gasteiger partial charge in [0, 0.05) is 36.2 Å². The molecule has 4 rings (SSSR count). The molecule has 2 N–H and O–H groups in total. The number of hydrogen-bond donors (Lipinski definition) is 2. The fraction of sp³-hybridized carbons (Fsp3) is 0.500. The van der Waals surface area contributed by atoms with Gasteiger partial charge in [-0.3, -0.25) is 4.79 Å². The SMILES string of the molecule is CCOC(=O)N1CCC(NC(=O)C2(c3c[nH]c4ccccc34)CC2)CC1. The monoisotopic (exact) mass is 355 g/mol. The van der Waals surface area contributed by atoms with E-state index < -0.39 is 5.41 Å².